The van der Waals surface area contributed by atoms with Crippen molar-refractivity contribution in [1.29, 1.82) is 0 Å². The third kappa shape index (κ3) is 1.61. The molecule has 0 spiro atoms. The van der Waals surface area contributed by atoms with E-state index in [4.69, 9.17) is 21.1 Å². The molecule has 86 valence electrons. The smallest absolute Gasteiger partial charge is 0.231 e. The monoisotopic (exact) mass is 249 g/mol. The third-order valence-corrected chi connectivity index (χ3v) is 2.93. The highest BCUT2D eigenvalue weighted by atomic mass is 35.5. The van der Waals surface area contributed by atoms with Gasteiger partial charge in [0.2, 0.25) is 6.79 Å². The predicted molar refractivity (Wildman–Crippen MR) is 62.9 cm³/mol. The number of halogens is 1. The van der Waals surface area contributed by atoms with Crippen LogP contribution in [0.2, 0.25) is 5.15 Å². The SMILES string of the molecule is CC(=O)c1cc2cc3c(cc2nc1Cl)OCO3. The van der Waals surface area contributed by atoms with Gasteiger partial charge in [0.25, 0.3) is 0 Å². The molecule has 0 radical (unpaired) electrons. The summed E-state index contributed by atoms with van der Waals surface area (Å²) in [4.78, 5) is 15.5. The Kier molecular flexibility index (Phi) is 2.19. The van der Waals surface area contributed by atoms with Gasteiger partial charge in [0.15, 0.2) is 17.3 Å². The highest BCUT2D eigenvalue weighted by Crippen LogP contribution is 2.36. The Morgan fingerprint density at radius 3 is 2.71 bits per heavy atom. The highest BCUT2D eigenvalue weighted by molar-refractivity contribution is 6.33. The summed E-state index contributed by atoms with van der Waals surface area (Å²) in [6, 6.07) is 5.27. The molecule has 1 aliphatic rings. The number of hydrogen-bond acceptors (Lipinski definition) is 4. The van der Waals surface area contributed by atoms with Crippen molar-refractivity contribution in [3.8, 4) is 11.5 Å². The number of rotatable bonds is 1. The minimum absolute atomic E-state index is 0.109. The third-order valence-electron chi connectivity index (χ3n) is 2.64. The second-order valence-corrected chi connectivity index (χ2v) is 4.14. The Morgan fingerprint density at radius 2 is 2.00 bits per heavy atom. The molecule has 0 unspecified atom stereocenters. The van der Waals surface area contributed by atoms with E-state index in [0.29, 0.717) is 22.6 Å². The zero-order valence-electron chi connectivity index (χ0n) is 8.99. The molecule has 2 aromatic rings. The number of carbonyl (C=O) groups excluding carboxylic acids is 1. The summed E-state index contributed by atoms with van der Waals surface area (Å²) in [7, 11) is 0. The van der Waals surface area contributed by atoms with E-state index in [1.807, 2.05) is 0 Å². The van der Waals surface area contributed by atoms with Crippen LogP contribution in [0.4, 0.5) is 0 Å². The summed E-state index contributed by atoms with van der Waals surface area (Å²) < 4.78 is 10.5. The van der Waals surface area contributed by atoms with Gasteiger partial charge in [-0.2, -0.15) is 0 Å². The minimum atomic E-state index is -0.109. The van der Waals surface area contributed by atoms with Gasteiger partial charge in [-0.05, 0) is 19.1 Å². The lowest BCUT2D eigenvalue weighted by Gasteiger charge is -2.04. The second kappa shape index (κ2) is 3.60. The van der Waals surface area contributed by atoms with E-state index >= 15 is 0 Å². The summed E-state index contributed by atoms with van der Waals surface area (Å²) in [5, 5.41) is 1.02. The van der Waals surface area contributed by atoms with Gasteiger partial charge in [0, 0.05) is 11.5 Å². The topological polar surface area (TPSA) is 48.4 Å². The van der Waals surface area contributed by atoms with E-state index in [9.17, 15) is 4.79 Å². The van der Waals surface area contributed by atoms with Crippen molar-refractivity contribution in [3.05, 3.63) is 28.9 Å². The van der Waals surface area contributed by atoms with Crippen LogP contribution in [-0.4, -0.2) is 17.6 Å². The molecular weight excluding hydrogens is 242 g/mol. The number of Topliss-reactive ketones (excluding diaryl/α,β-unsaturated/α-hetero) is 1. The molecule has 4 nitrogen and oxygen atoms in total. The lowest BCUT2D eigenvalue weighted by Crippen LogP contribution is -1.96. The largest absolute Gasteiger partial charge is 0.454 e. The number of hydrogen-bond donors (Lipinski definition) is 0. The van der Waals surface area contributed by atoms with Crippen LogP contribution in [0.5, 0.6) is 11.5 Å². The highest BCUT2D eigenvalue weighted by Gasteiger charge is 2.16. The van der Waals surface area contributed by atoms with Crippen molar-refractivity contribution in [2.24, 2.45) is 0 Å². The Labute approximate surface area is 102 Å². The average Bonchev–Trinajstić information content (AvgIpc) is 2.71. The molecule has 1 aromatic carbocycles. The fourth-order valence-electron chi connectivity index (χ4n) is 1.79. The molecule has 5 heteroatoms. The number of benzene rings is 1. The van der Waals surface area contributed by atoms with Crippen LogP contribution in [0.1, 0.15) is 17.3 Å². The number of pyridine rings is 1. The summed E-state index contributed by atoms with van der Waals surface area (Å²) in [5.41, 5.74) is 1.10. The number of ether oxygens (including phenoxy) is 2. The van der Waals surface area contributed by atoms with Crippen LogP contribution in [0.15, 0.2) is 18.2 Å². The van der Waals surface area contributed by atoms with Crippen LogP contribution in [0, 0.1) is 0 Å². The molecule has 3 rings (SSSR count). The molecule has 0 saturated carbocycles. The molecule has 0 amide bonds. The summed E-state index contributed by atoms with van der Waals surface area (Å²) >= 11 is 5.95. The van der Waals surface area contributed by atoms with Crippen molar-refractivity contribution in [3.63, 3.8) is 0 Å². The first-order chi connectivity index (χ1) is 8.15. The van der Waals surface area contributed by atoms with Crippen LogP contribution in [0.25, 0.3) is 10.9 Å². The van der Waals surface area contributed by atoms with Gasteiger partial charge in [-0.3, -0.25) is 4.79 Å². The van der Waals surface area contributed by atoms with Gasteiger partial charge < -0.3 is 9.47 Å². The van der Waals surface area contributed by atoms with Crippen LogP contribution < -0.4 is 9.47 Å². The van der Waals surface area contributed by atoms with Crippen LogP contribution in [-0.2, 0) is 0 Å². The number of ketones is 1. The Balaban J connectivity index is 2.29. The standard InChI is InChI=1S/C12H8ClNO3/c1-6(15)8-2-7-3-10-11(17-5-16-10)4-9(7)14-12(8)13/h2-4H,5H2,1H3. The number of fused-ring (bicyclic) bond motifs is 2. The predicted octanol–water partition coefficient (Wildman–Crippen LogP) is 2.82. The molecule has 0 fully saturated rings. The zero-order valence-corrected chi connectivity index (χ0v) is 9.75. The summed E-state index contributed by atoms with van der Waals surface area (Å²) in [6.45, 7) is 1.67. The van der Waals surface area contributed by atoms with E-state index < -0.39 is 0 Å². The summed E-state index contributed by atoms with van der Waals surface area (Å²) in [5.74, 6) is 1.20. The molecule has 17 heavy (non-hydrogen) atoms. The molecule has 0 bridgehead atoms. The second-order valence-electron chi connectivity index (χ2n) is 3.78. The van der Waals surface area contributed by atoms with Crippen molar-refractivity contribution < 1.29 is 14.3 Å². The lowest BCUT2D eigenvalue weighted by molar-refractivity contribution is 0.101. The molecule has 1 aliphatic heterocycles. The van der Waals surface area contributed by atoms with E-state index in [0.717, 1.165) is 5.39 Å². The van der Waals surface area contributed by atoms with Gasteiger partial charge in [-0.25, -0.2) is 4.98 Å². The number of carbonyl (C=O) groups is 1. The fraction of sp³-hybridized carbons (Fsp3) is 0.167. The van der Waals surface area contributed by atoms with E-state index in [1.165, 1.54) is 6.92 Å². The maximum Gasteiger partial charge on any atom is 0.231 e. The Hall–Kier alpha value is -1.81. The van der Waals surface area contributed by atoms with Crippen molar-refractivity contribution in [1.82, 2.24) is 4.98 Å². The normalized spacial score (nSPS) is 13.1. The molecule has 0 atom stereocenters. The Morgan fingerprint density at radius 1 is 1.29 bits per heavy atom. The van der Waals surface area contributed by atoms with E-state index in [-0.39, 0.29) is 17.7 Å². The lowest BCUT2D eigenvalue weighted by atomic mass is 10.1. The van der Waals surface area contributed by atoms with Gasteiger partial charge >= 0.3 is 0 Å². The molecule has 0 N–H and O–H groups in total. The van der Waals surface area contributed by atoms with Gasteiger partial charge in [0.1, 0.15) is 5.15 Å². The molecule has 1 aromatic heterocycles. The maximum absolute atomic E-state index is 11.4. The van der Waals surface area contributed by atoms with Gasteiger partial charge in [-0.1, -0.05) is 11.6 Å². The first-order valence-corrected chi connectivity index (χ1v) is 5.44. The minimum Gasteiger partial charge on any atom is -0.454 e. The summed E-state index contributed by atoms with van der Waals surface area (Å²) in [6.07, 6.45) is 0. The quantitative estimate of drug-likeness (QED) is 0.576. The van der Waals surface area contributed by atoms with Crippen LogP contribution >= 0.6 is 11.6 Å². The molecular formula is C12H8ClNO3. The van der Waals surface area contributed by atoms with Crippen molar-refractivity contribution in [2.75, 3.05) is 6.79 Å². The fourth-order valence-corrected chi connectivity index (χ4v) is 2.07. The van der Waals surface area contributed by atoms with Crippen molar-refractivity contribution in [2.45, 2.75) is 6.92 Å². The van der Waals surface area contributed by atoms with Gasteiger partial charge in [0.05, 0.1) is 11.1 Å². The number of aromatic nitrogens is 1. The van der Waals surface area contributed by atoms with E-state index in [1.54, 1.807) is 18.2 Å². The molecule has 0 aliphatic carbocycles. The first-order valence-electron chi connectivity index (χ1n) is 5.06. The van der Waals surface area contributed by atoms with Crippen LogP contribution in [0.3, 0.4) is 0 Å². The maximum atomic E-state index is 11.4. The molecule has 0 saturated heterocycles. The Bertz CT molecular complexity index is 639. The average molecular weight is 250 g/mol. The van der Waals surface area contributed by atoms with Gasteiger partial charge in [-0.15, -0.1) is 0 Å². The number of nitrogens with zero attached hydrogens (tertiary/aromatic N) is 1. The first kappa shape index (κ1) is 10.4. The van der Waals surface area contributed by atoms with E-state index in [2.05, 4.69) is 4.98 Å². The van der Waals surface area contributed by atoms with Crippen molar-refractivity contribution >= 4 is 28.3 Å². The molecule has 2 heterocycles. The zero-order chi connectivity index (χ0) is 12.0.